The molecule has 35 heavy (non-hydrogen) atoms. The highest BCUT2D eigenvalue weighted by molar-refractivity contribution is 5.52. The van der Waals surface area contributed by atoms with Crippen molar-refractivity contribution in [1.82, 2.24) is 0 Å². The number of phenols is 2. The Morgan fingerprint density at radius 3 is 1.49 bits per heavy atom. The van der Waals surface area contributed by atoms with Crippen LogP contribution in [-0.2, 0) is 10.8 Å². The summed E-state index contributed by atoms with van der Waals surface area (Å²) in [5.74, 6) is 1.00. The summed E-state index contributed by atoms with van der Waals surface area (Å²) in [6.45, 7) is 21.0. The molecule has 0 spiro atoms. The van der Waals surface area contributed by atoms with E-state index in [-0.39, 0.29) is 16.7 Å². The molecule has 0 amide bonds. The van der Waals surface area contributed by atoms with E-state index in [1.54, 1.807) is 0 Å². The molecule has 0 unspecified atom stereocenters. The van der Waals surface area contributed by atoms with Crippen LogP contribution in [0.15, 0.2) is 36.9 Å². The molecule has 2 aromatic rings. The fraction of sp³-hybridized carbons (Fsp3) is 0.576. The van der Waals surface area contributed by atoms with Gasteiger partial charge >= 0.3 is 0 Å². The van der Waals surface area contributed by atoms with Gasteiger partial charge in [0.1, 0.15) is 11.5 Å². The summed E-state index contributed by atoms with van der Waals surface area (Å²) in [6, 6.07) is 8.38. The maximum absolute atomic E-state index is 10.7. The van der Waals surface area contributed by atoms with Crippen molar-refractivity contribution < 1.29 is 10.2 Å². The number of benzene rings is 2. The zero-order chi connectivity index (χ0) is 26.4. The maximum Gasteiger partial charge on any atom is 0.119 e. The van der Waals surface area contributed by atoms with Crippen LogP contribution in [0.2, 0.25) is 0 Å². The lowest BCUT2D eigenvalue weighted by Crippen LogP contribution is -2.16. The van der Waals surface area contributed by atoms with Gasteiger partial charge in [-0.2, -0.15) is 0 Å². The maximum atomic E-state index is 10.7. The quantitative estimate of drug-likeness (QED) is 0.249. The van der Waals surface area contributed by atoms with Gasteiger partial charge in [0, 0.05) is 5.92 Å². The highest BCUT2D eigenvalue weighted by Crippen LogP contribution is 2.42. The summed E-state index contributed by atoms with van der Waals surface area (Å²) in [5, 5.41) is 21.5. The second-order valence-electron chi connectivity index (χ2n) is 12.5. The smallest absolute Gasteiger partial charge is 0.119 e. The molecule has 2 N–H and O–H groups in total. The Balaban J connectivity index is 2.45. The number of allylic oxidation sites excluding steroid dienone is 1. The lowest BCUT2D eigenvalue weighted by atomic mass is 9.76. The summed E-state index contributed by atoms with van der Waals surface area (Å²) >= 11 is 0. The van der Waals surface area contributed by atoms with E-state index in [9.17, 15) is 10.2 Å². The van der Waals surface area contributed by atoms with Crippen molar-refractivity contribution in [3.05, 3.63) is 70.3 Å². The fourth-order valence-corrected chi connectivity index (χ4v) is 5.19. The monoisotopic (exact) mass is 478 g/mol. The van der Waals surface area contributed by atoms with Crippen LogP contribution >= 0.6 is 0 Å². The Bertz CT molecular complexity index is 916. The van der Waals surface area contributed by atoms with Crippen LogP contribution in [0.1, 0.15) is 132 Å². The predicted molar refractivity (Wildman–Crippen MR) is 152 cm³/mol. The van der Waals surface area contributed by atoms with Gasteiger partial charge in [0.15, 0.2) is 0 Å². The summed E-state index contributed by atoms with van der Waals surface area (Å²) in [5.41, 5.74) is 6.59. The lowest BCUT2D eigenvalue weighted by Gasteiger charge is -2.29. The number of aromatic hydroxyl groups is 2. The van der Waals surface area contributed by atoms with Crippen molar-refractivity contribution >= 4 is 0 Å². The second-order valence-corrected chi connectivity index (χ2v) is 12.5. The van der Waals surface area contributed by atoms with Gasteiger partial charge in [-0.25, -0.2) is 0 Å². The number of phenolic OH excluding ortho intramolecular Hbond substituents is 2. The van der Waals surface area contributed by atoms with E-state index in [4.69, 9.17) is 0 Å². The third-order valence-corrected chi connectivity index (χ3v) is 7.29. The van der Waals surface area contributed by atoms with Crippen LogP contribution in [0.4, 0.5) is 0 Å². The minimum Gasteiger partial charge on any atom is -0.508 e. The number of aryl methyl sites for hydroxylation is 2. The largest absolute Gasteiger partial charge is 0.508 e. The average Bonchev–Trinajstić information content (AvgIpc) is 2.72. The first-order valence-electron chi connectivity index (χ1n) is 13.6. The van der Waals surface area contributed by atoms with Gasteiger partial charge in [0.05, 0.1) is 0 Å². The van der Waals surface area contributed by atoms with Crippen molar-refractivity contribution in [2.24, 2.45) is 0 Å². The molecule has 2 rings (SSSR count). The van der Waals surface area contributed by atoms with E-state index in [1.165, 1.54) is 49.7 Å². The Kier molecular flexibility index (Phi) is 10.1. The highest BCUT2D eigenvalue weighted by Gasteiger charge is 2.27. The third kappa shape index (κ3) is 7.89. The fourth-order valence-electron chi connectivity index (χ4n) is 5.19. The molecule has 194 valence electrons. The summed E-state index contributed by atoms with van der Waals surface area (Å²) in [6.07, 6.45) is 11.7. The molecule has 0 atom stereocenters. The lowest BCUT2D eigenvalue weighted by molar-refractivity contribution is 0.444. The van der Waals surface area contributed by atoms with Crippen LogP contribution in [0.3, 0.4) is 0 Å². The van der Waals surface area contributed by atoms with Gasteiger partial charge < -0.3 is 10.2 Å². The van der Waals surface area contributed by atoms with Crippen molar-refractivity contribution in [1.29, 1.82) is 0 Å². The number of rotatable bonds is 11. The van der Waals surface area contributed by atoms with Crippen LogP contribution in [0, 0.1) is 13.8 Å². The summed E-state index contributed by atoms with van der Waals surface area (Å²) in [7, 11) is 0. The Morgan fingerprint density at radius 1 is 0.686 bits per heavy atom. The Morgan fingerprint density at radius 2 is 1.09 bits per heavy atom. The average molecular weight is 479 g/mol. The molecule has 0 aromatic heterocycles. The first kappa shape index (κ1) is 29.0. The predicted octanol–water partition coefficient (Wildman–Crippen LogP) is 9.75. The molecule has 0 aliphatic heterocycles. The first-order valence-corrected chi connectivity index (χ1v) is 13.6. The number of hydrogen-bond acceptors (Lipinski definition) is 2. The molecule has 0 radical (unpaired) electrons. The van der Waals surface area contributed by atoms with Gasteiger partial charge in [-0.3, -0.25) is 0 Å². The molecule has 0 fully saturated rings. The molecule has 2 heteroatoms. The van der Waals surface area contributed by atoms with Crippen LogP contribution in [-0.4, -0.2) is 10.2 Å². The van der Waals surface area contributed by atoms with Crippen molar-refractivity contribution in [3.63, 3.8) is 0 Å². The van der Waals surface area contributed by atoms with E-state index in [1.807, 2.05) is 18.2 Å². The normalized spacial score (nSPS) is 12.4. The van der Waals surface area contributed by atoms with E-state index < -0.39 is 0 Å². The molecule has 0 heterocycles. The van der Waals surface area contributed by atoms with Crippen LogP contribution in [0.25, 0.3) is 0 Å². The number of hydrogen-bond donors (Lipinski definition) is 2. The minimum atomic E-state index is -0.136. The van der Waals surface area contributed by atoms with E-state index in [0.717, 1.165) is 35.1 Å². The molecule has 0 aliphatic rings. The van der Waals surface area contributed by atoms with Gasteiger partial charge in [-0.1, -0.05) is 91.9 Å². The van der Waals surface area contributed by atoms with Crippen LogP contribution in [0.5, 0.6) is 11.5 Å². The summed E-state index contributed by atoms with van der Waals surface area (Å²) < 4.78 is 0. The van der Waals surface area contributed by atoms with Gasteiger partial charge in [-0.15, -0.1) is 6.58 Å². The molecule has 0 aliphatic carbocycles. The van der Waals surface area contributed by atoms with Crippen molar-refractivity contribution in [2.75, 3.05) is 0 Å². The highest BCUT2D eigenvalue weighted by atomic mass is 16.3. The zero-order valence-electron chi connectivity index (χ0n) is 23.7. The molecule has 0 bridgehead atoms. The first-order chi connectivity index (χ1) is 16.3. The van der Waals surface area contributed by atoms with Gasteiger partial charge in [0.25, 0.3) is 0 Å². The van der Waals surface area contributed by atoms with E-state index in [0.29, 0.717) is 11.5 Å². The molecule has 2 nitrogen and oxygen atoms in total. The third-order valence-electron chi connectivity index (χ3n) is 7.29. The van der Waals surface area contributed by atoms with Crippen molar-refractivity contribution in [3.8, 4) is 11.5 Å². The molecular formula is C33H50O2. The zero-order valence-corrected chi connectivity index (χ0v) is 23.7. The molecule has 0 saturated heterocycles. The Hall–Kier alpha value is -2.22. The molecular weight excluding hydrogens is 428 g/mol. The topological polar surface area (TPSA) is 40.5 Å². The van der Waals surface area contributed by atoms with Gasteiger partial charge in [0.2, 0.25) is 0 Å². The SMILES string of the molecule is C=CCCCCCCCCC(c1cc(C(C)(C)C)c(O)cc1C)c1cc(C(C)(C)C)c(O)cc1C. The van der Waals surface area contributed by atoms with E-state index >= 15 is 0 Å². The van der Waals surface area contributed by atoms with Crippen LogP contribution < -0.4 is 0 Å². The Labute approximate surface area is 215 Å². The van der Waals surface area contributed by atoms with E-state index in [2.05, 4.69) is 74.1 Å². The number of unbranched alkanes of at least 4 members (excludes halogenated alkanes) is 6. The van der Waals surface area contributed by atoms with Crippen molar-refractivity contribution in [2.45, 2.75) is 124 Å². The minimum absolute atomic E-state index is 0.136. The standard InChI is InChI=1S/C33H50O2/c1-10-11-12-13-14-15-16-17-18-25(26-21-28(32(4,5)6)30(34)19-23(26)2)27-22-29(33(7,8)9)31(35)20-24(27)3/h10,19-22,25,34-35H,1,11-18H2,2-9H3. The molecule has 0 saturated carbocycles. The molecule has 2 aromatic carbocycles. The second kappa shape index (κ2) is 12.2. The summed E-state index contributed by atoms with van der Waals surface area (Å²) in [4.78, 5) is 0. The van der Waals surface area contributed by atoms with Gasteiger partial charge in [-0.05, 0) is 89.5 Å².